The number of aromatic carboxylic acids is 1. The van der Waals surface area contributed by atoms with Gasteiger partial charge in [-0.1, -0.05) is 59.6 Å². The zero-order valence-corrected chi connectivity index (χ0v) is 15.8. The Labute approximate surface area is 167 Å². The van der Waals surface area contributed by atoms with E-state index in [0.29, 0.717) is 18.2 Å². The second-order valence-corrected chi connectivity index (χ2v) is 6.66. The zero-order chi connectivity index (χ0) is 19.2. The highest BCUT2D eigenvalue weighted by atomic mass is 35.5. The monoisotopic (exact) mass is 401 g/mol. The largest absolute Gasteiger partial charge is 0.488 e. The Balaban J connectivity index is 1.68. The Bertz CT molecular complexity index is 960. The molecule has 0 amide bonds. The molecule has 0 aromatic heterocycles. The van der Waals surface area contributed by atoms with E-state index in [-0.39, 0.29) is 10.6 Å². The molecule has 0 spiro atoms. The molecule has 0 atom stereocenters. The minimum Gasteiger partial charge on any atom is -0.488 e. The van der Waals surface area contributed by atoms with Gasteiger partial charge in [0.2, 0.25) is 0 Å². The first-order valence-electron chi connectivity index (χ1n) is 8.25. The number of carboxylic acid groups (broad SMARTS) is 1. The number of nitrogens with one attached hydrogen (secondary N) is 1. The molecule has 6 heteroatoms. The Morgan fingerprint density at radius 1 is 0.926 bits per heavy atom. The van der Waals surface area contributed by atoms with Gasteiger partial charge >= 0.3 is 5.97 Å². The van der Waals surface area contributed by atoms with Crippen molar-refractivity contribution in [2.45, 2.75) is 13.2 Å². The van der Waals surface area contributed by atoms with E-state index in [1.807, 2.05) is 48.5 Å². The van der Waals surface area contributed by atoms with Crippen LogP contribution >= 0.6 is 23.2 Å². The third-order valence-electron chi connectivity index (χ3n) is 4.00. The second kappa shape index (κ2) is 8.80. The van der Waals surface area contributed by atoms with Crippen molar-refractivity contribution in [3.63, 3.8) is 0 Å². The fourth-order valence-corrected chi connectivity index (χ4v) is 3.01. The Kier molecular flexibility index (Phi) is 6.22. The Morgan fingerprint density at radius 3 is 2.33 bits per heavy atom. The van der Waals surface area contributed by atoms with Gasteiger partial charge in [-0.05, 0) is 30.3 Å². The fourth-order valence-electron chi connectivity index (χ4n) is 2.56. The first-order chi connectivity index (χ1) is 13.0. The molecular formula is C21H17Cl2NO3. The van der Waals surface area contributed by atoms with E-state index >= 15 is 0 Å². The van der Waals surface area contributed by atoms with Crippen LogP contribution in [0.25, 0.3) is 0 Å². The van der Waals surface area contributed by atoms with Gasteiger partial charge in [-0.3, -0.25) is 0 Å². The minimum absolute atomic E-state index is 0.0747. The van der Waals surface area contributed by atoms with E-state index in [0.717, 1.165) is 22.6 Å². The Morgan fingerprint density at radius 2 is 1.63 bits per heavy atom. The number of benzene rings is 3. The van der Waals surface area contributed by atoms with Gasteiger partial charge in [0.1, 0.15) is 12.4 Å². The van der Waals surface area contributed by atoms with E-state index in [2.05, 4.69) is 5.32 Å². The topological polar surface area (TPSA) is 58.6 Å². The first kappa shape index (κ1) is 19.1. The molecule has 4 nitrogen and oxygen atoms in total. The average molecular weight is 402 g/mol. The quantitative estimate of drug-likeness (QED) is 0.518. The van der Waals surface area contributed by atoms with Crippen molar-refractivity contribution in [2.24, 2.45) is 0 Å². The number of carboxylic acids is 1. The van der Waals surface area contributed by atoms with E-state index in [4.69, 9.17) is 33.0 Å². The summed E-state index contributed by atoms with van der Waals surface area (Å²) in [4.78, 5) is 11.0. The molecule has 0 aliphatic rings. The normalized spacial score (nSPS) is 10.4. The van der Waals surface area contributed by atoms with Crippen LogP contribution in [0.1, 0.15) is 21.5 Å². The number of para-hydroxylation sites is 1. The smallest absolute Gasteiger partial charge is 0.337 e. The molecule has 3 aromatic carbocycles. The molecule has 0 saturated carbocycles. The maximum Gasteiger partial charge on any atom is 0.337 e. The van der Waals surface area contributed by atoms with Crippen molar-refractivity contribution in [2.75, 3.05) is 5.32 Å². The van der Waals surface area contributed by atoms with Crippen molar-refractivity contribution >= 4 is 34.9 Å². The lowest BCUT2D eigenvalue weighted by Gasteiger charge is -2.14. The fraction of sp³-hybridized carbons (Fsp3) is 0.0952. The highest BCUT2D eigenvalue weighted by Gasteiger charge is 2.10. The number of hydrogen-bond donors (Lipinski definition) is 2. The van der Waals surface area contributed by atoms with Gasteiger partial charge in [0.25, 0.3) is 0 Å². The summed E-state index contributed by atoms with van der Waals surface area (Å²) in [7, 11) is 0. The van der Waals surface area contributed by atoms with Gasteiger partial charge in [0.15, 0.2) is 0 Å². The summed E-state index contributed by atoms with van der Waals surface area (Å²) < 4.78 is 5.94. The number of carbonyl (C=O) groups is 1. The molecule has 0 bridgehead atoms. The molecule has 0 fully saturated rings. The lowest BCUT2D eigenvalue weighted by atomic mass is 10.1. The lowest BCUT2D eigenvalue weighted by molar-refractivity contribution is 0.0697. The van der Waals surface area contributed by atoms with Gasteiger partial charge < -0.3 is 15.2 Å². The molecule has 0 unspecified atom stereocenters. The van der Waals surface area contributed by atoms with Crippen molar-refractivity contribution in [1.82, 2.24) is 0 Å². The lowest BCUT2D eigenvalue weighted by Crippen LogP contribution is -2.04. The molecule has 0 aliphatic heterocycles. The van der Waals surface area contributed by atoms with E-state index in [1.165, 1.54) is 6.07 Å². The van der Waals surface area contributed by atoms with Crippen LogP contribution in [-0.4, -0.2) is 11.1 Å². The molecule has 0 aliphatic carbocycles. The number of ether oxygens (including phenoxy) is 1. The van der Waals surface area contributed by atoms with E-state index in [1.54, 1.807) is 12.1 Å². The third kappa shape index (κ3) is 4.94. The summed E-state index contributed by atoms with van der Waals surface area (Å²) in [5.74, 6) is -0.303. The SMILES string of the molecule is O=C(O)c1ccc(NCc2ccccc2OCc2ccccc2Cl)cc1Cl. The van der Waals surface area contributed by atoms with Crippen LogP contribution in [0, 0.1) is 0 Å². The first-order valence-corrected chi connectivity index (χ1v) is 9.01. The molecule has 138 valence electrons. The molecule has 0 radical (unpaired) electrons. The molecular weight excluding hydrogens is 385 g/mol. The van der Waals surface area contributed by atoms with Gasteiger partial charge in [0.05, 0.1) is 10.6 Å². The van der Waals surface area contributed by atoms with E-state index in [9.17, 15) is 4.79 Å². The van der Waals surface area contributed by atoms with Crippen LogP contribution in [0.15, 0.2) is 66.7 Å². The number of anilines is 1. The summed E-state index contributed by atoms with van der Waals surface area (Å²) in [6.07, 6.45) is 0. The maximum absolute atomic E-state index is 11.0. The molecule has 27 heavy (non-hydrogen) atoms. The van der Waals surface area contributed by atoms with Crippen LogP contribution in [0.3, 0.4) is 0 Å². The van der Waals surface area contributed by atoms with Crippen LogP contribution in [0.2, 0.25) is 10.0 Å². The number of rotatable bonds is 7. The Hall–Kier alpha value is -2.69. The average Bonchev–Trinajstić information content (AvgIpc) is 2.66. The predicted octanol–water partition coefficient (Wildman–Crippen LogP) is 5.88. The van der Waals surface area contributed by atoms with Gasteiger partial charge in [-0.2, -0.15) is 0 Å². The van der Waals surface area contributed by atoms with Crippen LogP contribution in [-0.2, 0) is 13.2 Å². The maximum atomic E-state index is 11.0. The van der Waals surface area contributed by atoms with Crippen molar-refractivity contribution < 1.29 is 14.6 Å². The van der Waals surface area contributed by atoms with Crippen molar-refractivity contribution in [3.8, 4) is 5.75 Å². The summed E-state index contributed by atoms with van der Waals surface area (Å²) in [5, 5.41) is 13.1. The highest BCUT2D eigenvalue weighted by Crippen LogP contribution is 2.25. The summed E-state index contributed by atoms with van der Waals surface area (Å²) in [6, 6.07) is 20.0. The van der Waals surface area contributed by atoms with Crippen molar-refractivity contribution in [1.29, 1.82) is 0 Å². The number of halogens is 2. The standard InChI is InChI=1S/C21H17Cl2NO3/c22-18-7-3-1-6-15(18)13-27-20-8-4-2-5-14(20)12-24-16-9-10-17(21(25)26)19(23)11-16/h1-11,24H,12-13H2,(H,25,26). The third-order valence-corrected chi connectivity index (χ3v) is 4.68. The van der Waals surface area contributed by atoms with Gasteiger partial charge in [-0.15, -0.1) is 0 Å². The van der Waals surface area contributed by atoms with Gasteiger partial charge in [0, 0.05) is 28.4 Å². The summed E-state index contributed by atoms with van der Waals surface area (Å²) in [6.45, 7) is 0.872. The van der Waals surface area contributed by atoms with E-state index < -0.39 is 5.97 Å². The molecule has 2 N–H and O–H groups in total. The molecule has 3 rings (SSSR count). The summed E-state index contributed by atoms with van der Waals surface area (Å²) in [5.41, 5.74) is 2.68. The van der Waals surface area contributed by atoms with Crippen LogP contribution < -0.4 is 10.1 Å². The molecule has 0 heterocycles. The molecule has 0 saturated heterocycles. The van der Waals surface area contributed by atoms with Crippen LogP contribution in [0.5, 0.6) is 5.75 Å². The zero-order valence-electron chi connectivity index (χ0n) is 14.3. The predicted molar refractivity (Wildman–Crippen MR) is 108 cm³/mol. The van der Waals surface area contributed by atoms with Crippen LogP contribution in [0.4, 0.5) is 5.69 Å². The molecule has 3 aromatic rings. The summed E-state index contributed by atoms with van der Waals surface area (Å²) >= 11 is 12.2. The number of hydrogen-bond acceptors (Lipinski definition) is 3. The minimum atomic E-state index is -1.05. The second-order valence-electron chi connectivity index (χ2n) is 5.84. The highest BCUT2D eigenvalue weighted by molar-refractivity contribution is 6.33. The van der Waals surface area contributed by atoms with Gasteiger partial charge in [-0.25, -0.2) is 4.79 Å². The van der Waals surface area contributed by atoms with Crippen molar-refractivity contribution in [3.05, 3.63) is 93.5 Å².